The Morgan fingerprint density at radius 2 is 2.10 bits per heavy atom. The third-order valence-corrected chi connectivity index (χ3v) is 3.60. The molecule has 5 nitrogen and oxygen atoms in total. The predicted octanol–water partition coefficient (Wildman–Crippen LogP) is 2.11. The molecule has 0 unspecified atom stereocenters. The standard InChI is InChI=1S/C15H14FN3O2/c1-9-6-17-15(19-7-10(8-19)14(20)21)18-13(9)11-4-2-3-5-12(11)16/h2-6,10H,7-8H2,1H3,(H,20,21). The third kappa shape index (κ3) is 2.44. The van der Waals surface area contributed by atoms with E-state index in [2.05, 4.69) is 9.97 Å². The summed E-state index contributed by atoms with van der Waals surface area (Å²) < 4.78 is 13.9. The fourth-order valence-electron chi connectivity index (χ4n) is 2.31. The number of anilines is 1. The van der Waals surface area contributed by atoms with Crippen LogP contribution < -0.4 is 4.90 Å². The largest absolute Gasteiger partial charge is 0.481 e. The number of nitrogens with zero attached hydrogens (tertiary/aromatic N) is 3. The Kier molecular flexibility index (Phi) is 3.29. The van der Waals surface area contributed by atoms with Crippen molar-refractivity contribution >= 4 is 11.9 Å². The lowest BCUT2D eigenvalue weighted by atomic mass is 10.0. The normalized spacial score (nSPS) is 14.9. The van der Waals surface area contributed by atoms with Gasteiger partial charge in [-0.3, -0.25) is 4.79 Å². The summed E-state index contributed by atoms with van der Waals surface area (Å²) >= 11 is 0. The molecule has 1 N–H and O–H groups in total. The van der Waals surface area contributed by atoms with Crippen molar-refractivity contribution in [3.05, 3.63) is 41.8 Å². The summed E-state index contributed by atoms with van der Waals surface area (Å²) in [5.74, 6) is -1.09. The maximum Gasteiger partial charge on any atom is 0.310 e. The van der Waals surface area contributed by atoms with Crippen LogP contribution in [0.2, 0.25) is 0 Å². The van der Waals surface area contributed by atoms with E-state index in [0.717, 1.165) is 5.56 Å². The summed E-state index contributed by atoms with van der Waals surface area (Å²) in [4.78, 5) is 21.2. The number of carboxylic acid groups (broad SMARTS) is 1. The first kappa shape index (κ1) is 13.5. The lowest BCUT2D eigenvalue weighted by Crippen LogP contribution is -2.51. The van der Waals surface area contributed by atoms with E-state index in [1.165, 1.54) is 6.07 Å². The molecule has 2 heterocycles. The molecule has 0 radical (unpaired) electrons. The number of hydrogen-bond acceptors (Lipinski definition) is 4. The monoisotopic (exact) mass is 287 g/mol. The van der Waals surface area contributed by atoms with Gasteiger partial charge in [0.15, 0.2) is 0 Å². The number of benzene rings is 1. The molecule has 2 aromatic rings. The minimum Gasteiger partial charge on any atom is -0.481 e. The Labute approximate surface area is 121 Å². The molecule has 0 amide bonds. The molecule has 108 valence electrons. The summed E-state index contributed by atoms with van der Waals surface area (Å²) in [6.07, 6.45) is 1.64. The van der Waals surface area contributed by atoms with Gasteiger partial charge in [-0.1, -0.05) is 12.1 Å². The number of aliphatic carboxylic acids is 1. The molecule has 1 aromatic heterocycles. The van der Waals surface area contributed by atoms with Crippen molar-refractivity contribution in [3.63, 3.8) is 0 Å². The molecule has 1 aromatic carbocycles. The van der Waals surface area contributed by atoms with Gasteiger partial charge in [-0.25, -0.2) is 14.4 Å². The Morgan fingerprint density at radius 3 is 2.76 bits per heavy atom. The fourth-order valence-corrected chi connectivity index (χ4v) is 2.31. The van der Waals surface area contributed by atoms with Gasteiger partial charge in [0.1, 0.15) is 5.82 Å². The van der Waals surface area contributed by atoms with Crippen LogP contribution in [0.15, 0.2) is 30.5 Å². The van der Waals surface area contributed by atoms with Crippen LogP contribution >= 0.6 is 0 Å². The molecule has 21 heavy (non-hydrogen) atoms. The zero-order valence-electron chi connectivity index (χ0n) is 11.5. The van der Waals surface area contributed by atoms with Crippen molar-refractivity contribution in [3.8, 4) is 11.3 Å². The van der Waals surface area contributed by atoms with Crippen LogP contribution in [-0.4, -0.2) is 34.1 Å². The van der Waals surface area contributed by atoms with Gasteiger partial charge < -0.3 is 10.0 Å². The van der Waals surface area contributed by atoms with Gasteiger partial charge >= 0.3 is 5.97 Å². The molecule has 3 rings (SSSR count). The van der Waals surface area contributed by atoms with E-state index in [1.54, 1.807) is 29.3 Å². The van der Waals surface area contributed by atoms with Gasteiger partial charge in [0.05, 0.1) is 11.6 Å². The van der Waals surface area contributed by atoms with Crippen LogP contribution in [0.3, 0.4) is 0 Å². The number of hydrogen-bond donors (Lipinski definition) is 1. The minimum absolute atomic E-state index is 0.336. The highest BCUT2D eigenvalue weighted by Gasteiger charge is 2.34. The summed E-state index contributed by atoms with van der Waals surface area (Å²) in [6.45, 7) is 2.59. The number of carboxylic acids is 1. The first-order chi connectivity index (χ1) is 10.1. The van der Waals surface area contributed by atoms with Crippen molar-refractivity contribution in [1.82, 2.24) is 9.97 Å². The molecule has 0 saturated carbocycles. The predicted molar refractivity (Wildman–Crippen MR) is 75.5 cm³/mol. The summed E-state index contributed by atoms with van der Waals surface area (Å²) in [6, 6.07) is 6.44. The topological polar surface area (TPSA) is 66.3 Å². The Bertz CT molecular complexity index is 699. The number of carbonyl (C=O) groups is 1. The highest BCUT2D eigenvalue weighted by molar-refractivity contribution is 5.74. The molecule has 0 atom stereocenters. The van der Waals surface area contributed by atoms with E-state index in [0.29, 0.717) is 30.3 Å². The molecular weight excluding hydrogens is 273 g/mol. The van der Waals surface area contributed by atoms with Gasteiger partial charge in [0, 0.05) is 24.8 Å². The fraction of sp³-hybridized carbons (Fsp3) is 0.267. The van der Waals surface area contributed by atoms with E-state index in [9.17, 15) is 9.18 Å². The van der Waals surface area contributed by atoms with Gasteiger partial charge in [-0.2, -0.15) is 0 Å². The highest BCUT2D eigenvalue weighted by atomic mass is 19.1. The second-order valence-corrected chi connectivity index (χ2v) is 5.12. The molecular formula is C15H14FN3O2. The minimum atomic E-state index is -0.812. The zero-order valence-corrected chi connectivity index (χ0v) is 11.5. The molecule has 6 heteroatoms. The summed E-state index contributed by atoms with van der Waals surface area (Å²) in [5, 5.41) is 8.89. The SMILES string of the molecule is Cc1cnc(N2CC(C(=O)O)C2)nc1-c1ccccc1F. The molecule has 0 bridgehead atoms. The van der Waals surface area contributed by atoms with Crippen molar-refractivity contribution < 1.29 is 14.3 Å². The zero-order chi connectivity index (χ0) is 15.0. The molecule has 0 aliphatic carbocycles. The average molecular weight is 287 g/mol. The van der Waals surface area contributed by atoms with Gasteiger partial charge in [-0.05, 0) is 24.6 Å². The Hall–Kier alpha value is -2.50. The van der Waals surface area contributed by atoms with Crippen LogP contribution in [-0.2, 0) is 4.79 Å². The maximum absolute atomic E-state index is 13.9. The Balaban J connectivity index is 1.91. The van der Waals surface area contributed by atoms with E-state index in [1.807, 2.05) is 6.92 Å². The van der Waals surface area contributed by atoms with Gasteiger partial charge in [0.2, 0.25) is 5.95 Å². The molecule has 1 fully saturated rings. The Morgan fingerprint density at radius 1 is 1.38 bits per heavy atom. The summed E-state index contributed by atoms with van der Waals surface area (Å²) in [5.41, 5.74) is 1.74. The molecule has 1 saturated heterocycles. The van der Waals surface area contributed by atoms with E-state index in [4.69, 9.17) is 5.11 Å². The van der Waals surface area contributed by atoms with E-state index in [-0.39, 0.29) is 11.7 Å². The number of aromatic nitrogens is 2. The smallest absolute Gasteiger partial charge is 0.310 e. The van der Waals surface area contributed by atoms with Crippen LogP contribution in [0.4, 0.5) is 10.3 Å². The average Bonchev–Trinajstić information content (AvgIpc) is 2.39. The molecule has 1 aliphatic rings. The number of halogens is 1. The third-order valence-electron chi connectivity index (χ3n) is 3.60. The van der Waals surface area contributed by atoms with Crippen LogP contribution in [0.25, 0.3) is 11.3 Å². The highest BCUT2D eigenvalue weighted by Crippen LogP contribution is 2.27. The second kappa shape index (κ2) is 5.12. The first-order valence-electron chi connectivity index (χ1n) is 6.62. The number of rotatable bonds is 3. The van der Waals surface area contributed by atoms with Crippen molar-refractivity contribution in [1.29, 1.82) is 0 Å². The van der Waals surface area contributed by atoms with Crippen LogP contribution in [0.1, 0.15) is 5.56 Å². The summed E-state index contributed by atoms with van der Waals surface area (Å²) in [7, 11) is 0. The lowest BCUT2D eigenvalue weighted by Gasteiger charge is -2.36. The van der Waals surface area contributed by atoms with Crippen molar-refractivity contribution in [2.45, 2.75) is 6.92 Å². The van der Waals surface area contributed by atoms with Gasteiger partial charge in [0.25, 0.3) is 0 Å². The lowest BCUT2D eigenvalue weighted by molar-refractivity contribution is -0.142. The van der Waals surface area contributed by atoms with E-state index < -0.39 is 5.97 Å². The number of aryl methyl sites for hydroxylation is 1. The maximum atomic E-state index is 13.9. The van der Waals surface area contributed by atoms with Crippen LogP contribution in [0.5, 0.6) is 0 Å². The van der Waals surface area contributed by atoms with Crippen LogP contribution in [0, 0.1) is 18.7 Å². The molecule has 0 spiro atoms. The van der Waals surface area contributed by atoms with Crippen molar-refractivity contribution in [2.75, 3.05) is 18.0 Å². The second-order valence-electron chi connectivity index (χ2n) is 5.12. The van der Waals surface area contributed by atoms with E-state index >= 15 is 0 Å². The quantitative estimate of drug-likeness (QED) is 0.936. The first-order valence-corrected chi connectivity index (χ1v) is 6.62. The van der Waals surface area contributed by atoms with Crippen molar-refractivity contribution in [2.24, 2.45) is 5.92 Å². The molecule has 1 aliphatic heterocycles. The van der Waals surface area contributed by atoms with Gasteiger partial charge in [-0.15, -0.1) is 0 Å².